The van der Waals surface area contributed by atoms with Crippen LogP contribution in [0.25, 0.3) is 10.8 Å². The first-order valence-electron chi connectivity index (χ1n) is 12.1. The number of nitrogens with zero attached hydrogens (tertiary/aromatic N) is 1. The Bertz CT molecular complexity index is 1040. The molecule has 0 aromatic heterocycles. The molecule has 0 aliphatic heterocycles. The molecule has 174 valence electrons. The molecule has 0 aliphatic carbocycles. The van der Waals surface area contributed by atoms with Crippen molar-refractivity contribution in [3.63, 3.8) is 0 Å². The van der Waals surface area contributed by atoms with Gasteiger partial charge in [0.05, 0.1) is 0 Å². The first-order chi connectivity index (χ1) is 16.0. The van der Waals surface area contributed by atoms with E-state index in [1.807, 2.05) is 43.3 Å². The highest BCUT2D eigenvalue weighted by molar-refractivity contribution is 5.89. The van der Waals surface area contributed by atoms with Crippen molar-refractivity contribution in [1.29, 1.82) is 0 Å². The average Bonchev–Trinajstić information content (AvgIpc) is 2.84. The number of hydrogen-bond donors (Lipinski definition) is 1. The second-order valence-electron chi connectivity index (χ2n) is 9.02. The molecule has 3 aromatic rings. The fourth-order valence-corrected chi connectivity index (χ4v) is 4.21. The van der Waals surface area contributed by atoms with Gasteiger partial charge >= 0.3 is 0 Å². The zero-order valence-electron chi connectivity index (χ0n) is 20.1. The summed E-state index contributed by atoms with van der Waals surface area (Å²) in [6, 6.07) is 24.2. The van der Waals surface area contributed by atoms with E-state index in [1.54, 1.807) is 4.90 Å². The van der Waals surface area contributed by atoms with Crippen LogP contribution >= 0.6 is 0 Å². The number of amides is 2. The van der Waals surface area contributed by atoms with Crippen LogP contribution in [-0.2, 0) is 22.4 Å². The lowest BCUT2D eigenvalue weighted by molar-refractivity contribution is -0.140. The van der Waals surface area contributed by atoms with E-state index in [9.17, 15) is 9.59 Å². The Hall–Kier alpha value is -3.14. The van der Waals surface area contributed by atoms with Crippen molar-refractivity contribution in [3.8, 4) is 0 Å². The van der Waals surface area contributed by atoms with E-state index in [0.717, 1.165) is 6.42 Å². The van der Waals surface area contributed by atoms with E-state index in [4.69, 9.17) is 0 Å². The number of nitrogens with one attached hydrogen (secondary N) is 1. The minimum absolute atomic E-state index is 0.0328. The van der Waals surface area contributed by atoms with Gasteiger partial charge in [-0.15, -0.1) is 0 Å². The molecule has 3 aromatic carbocycles. The highest BCUT2D eigenvalue weighted by Crippen LogP contribution is 2.21. The molecule has 0 bridgehead atoms. The summed E-state index contributed by atoms with van der Waals surface area (Å²) in [7, 11) is 0. The molecule has 33 heavy (non-hydrogen) atoms. The van der Waals surface area contributed by atoms with Gasteiger partial charge in [-0.05, 0) is 47.1 Å². The number of aryl methyl sites for hydroxylation is 1. The molecule has 3 rings (SSSR count). The van der Waals surface area contributed by atoms with E-state index in [0.29, 0.717) is 38.3 Å². The Balaban J connectivity index is 1.75. The van der Waals surface area contributed by atoms with Crippen LogP contribution < -0.4 is 5.32 Å². The molecule has 0 radical (unpaired) electrons. The molecule has 4 heteroatoms. The lowest BCUT2D eigenvalue weighted by Gasteiger charge is -2.31. The van der Waals surface area contributed by atoms with Crippen LogP contribution in [0.3, 0.4) is 0 Å². The second kappa shape index (κ2) is 12.2. The fraction of sp³-hybridized carbons (Fsp3) is 0.379. The summed E-state index contributed by atoms with van der Waals surface area (Å²) in [5.41, 5.74) is 2.34. The number of carbonyl (C=O) groups is 2. The quantitative estimate of drug-likeness (QED) is 0.431. The third kappa shape index (κ3) is 6.92. The fourth-order valence-electron chi connectivity index (χ4n) is 4.21. The van der Waals surface area contributed by atoms with Gasteiger partial charge in [0, 0.05) is 19.5 Å². The molecule has 0 spiro atoms. The van der Waals surface area contributed by atoms with Crippen molar-refractivity contribution in [2.45, 2.75) is 52.5 Å². The van der Waals surface area contributed by atoms with Crippen LogP contribution in [0.15, 0.2) is 72.8 Å². The number of carbonyl (C=O) groups excluding carboxylic acids is 2. The summed E-state index contributed by atoms with van der Waals surface area (Å²) in [5, 5.41) is 5.40. The van der Waals surface area contributed by atoms with Crippen molar-refractivity contribution in [3.05, 3.63) is 83.9 Å². The Morgan fingerprint density at radius 2 is 1.58 bits per heavy atom. The van der Waals surface area contributed by atoms with Gasteiger partial charge in [0.2, 0.25) is 11.8 Å². The van der Waals surface area contributed by atoms with Gasteiger partial charge in [-0.25, -0.2) is 0 Å². The normalized spacial score (nSPS) is 12.0. The molecule has 0 unspecified atom stereocenters. The molecular formula is C29H36N2O2. The van der Waals surface area contributed by atoms with Crippen LogP contribution in [0, 0.1) is 5.92 Å². The summed E-state index contributed by atoms with van der Waals surface area (Å²) in [5.74, 6) is 0.342. The minimum atomic E-state index is -0.451. The first-order valence-corrected chi connectivity index (χ1v) is 12.1. The van der Waals surface area contributed by atoms with Gasteiger partial charge in [-0.3, -0.25) is 9.59 Å². The molecule has 0 aliphatic rings. The Kier molecular flexibility index (Phi) is 9.05. The smallest absolute Gasteiger partial charge is 0.242 e. The number of benzene rings is 3. The van der Waals surface area contributed by atoms with Gasteiger partial charge in [0.15, 0.2) is 0 Å². The number of hydrogen-bond acceptors (Lipinski definition) is 2. The zero-order valence-corrected chi connectivity index (χ0v) is 20.1. The van der Waals surface area contributed by atoms with Crippen molar-refractivity contribution in [1.82, 2.24) is 10.2 Å². The number of rotatable bonds is 11. The summed E-state index contributed by atoms with van der Waals surface area (Å²) < 4.78 is 0. The van der Waals surface area contributed by atoms with E-state index in [2.05, 4.69) is 55.6 Å². The van der Waals surface area contributed by atoms with E-state index in [-0.39, 0.29) is 11.8 Å². The van der Waals surface area contributed by atoms with Crippen LogP contribution in [-0.4, -0.2) is 35.8 Å². The van der Waals surface area contributed by atoms with Gasteiger partial charge < -0.3 is 10.2 Å². The summed E-state index contributed by atoms with van der Waals surface area (Å²) in [6.07, 6.45) is 2.37. The maximum absolute atomic E-state index is 13.5. The Morgan fingerprint density at radius 1 is 0.879 bits per heavy atom. The standard InChI is InChI=1S/C29H36N2O2/c1-4-27(29(33)30-21-22(2)3)31(20-19-23-11-6-5-7-12-23)28(32)18-17-25-15-10-14-24-13-8-9-16-26(24)25/h5-16,22,27H,4,17-21H2,1-3H3,(H,30,33)/t27-/m1/s1. The third-order valence-electron chi connectivity index (χ3n) is 6.04. The Labute approximate surface area is 198 Å². The molecule has 1 N–H and O–H groups in total. The average molecular weight is 445 g/mol. The van der Waals surface area contributed by atoms with E-state index >= 15 is 0 Å². The molecule has 0 saturated carbocycles. The van der Waals surface area contributed by atoms with Crippen LogP contribution in [0.5, 0.6) is 0 Å². The third-order valence-corrected chi connectivity index (χ3v) is 6.04. The van der Waals surface area contributed by atoms with Crippen molar-refractivity contribution in [2.75, 3.05) is 13.1 Å². The predicted octanol–water partition coefficient (Wildman–Crippen LogP) is 5.39. The van der Waals surface area contributed by atoms with Crippen LogP contribution in [0.4, 0.5) is 0 Å². The minimum Gasteiger partial charge on any atom is -0.354 e. The molecule has 0 fully saturated rings. The van der Waals surface area contributed by atoms with Crippen LogP contribution in [0.1, 0.15) is 44.7 Å². The number of fused-ring (bicyclic) bond motifs is 1. The van der Waals surface area contributed by atoms with E-state index < -0.39 is 6.04 Å². The van der Waals surface area contributed by atoms with Gasteiger partial charge in [-0.2, -0.15) is 0 Å². The predicted molar refractivity (Wildman–Crippen MR) is 136 cm³/mol. The Morgan fingerprint density at radius 3 is 2.30 bits per heavy atom. The highest BCUT2D eigenvalue weighted by Gasteiger charge is 2.28. The maximum Gasteiger partial charge on any atom is 0.242 e. The topological polar surface area (TPSA) is 49.4 Å². The summed E-state index contributed by atoms with van der Waals surface area (Å²) in [6.45, 7) is 7.28. The van der Waals surface area contributed by atoms with Crippen molar-refractivity contribution < 1.29 is 9.59 Å². The summed E-state index contributed by atoms with van der Waals surface area (Å²) in [4.78, 5) is 28.2. The SMILES string of the molecule is CC[C@H](C(=O)NCC(C)C)N(CCc1ccccc1)C(=O)CCc1cccc2ccccc12. The van der Waals surface area contributed by atoms with Gasteiger partial charge in [-0.1, -0.05) is 93.6 Å². The summed E-state index contributed by atoms with van der Waals surface area (Å²) >= 11 is 0. The lowest BCUT2D eigenvalue weighted by Crippen LogP contribution is -2.50. The molecule has 2 amide bonds. The van der Waals surface area contributed by atoms with Crippen LogP contribution in [0.2, 0.25) is 0 Å². The maximum atomic E-state index is 13.5. The molecule has 4 nitrogen and oxygen atoms in total. The highest BCUT2D eigenvalue weighted by atomic mass is 16.2. The van der Waals surface area contributed by atoms with Crippen molar-refractivity contribution in [2.24, 2.45) is 5.92 Å². The monoisotopic (exact) mass is 444 g/mol. The molecule has 0 heterocycles. The second-order valence-corrected chi connectivity index (χ2v) is 9.02. The largest absolute Gasteiger partial charge is 0.354 e. The van der Waals surface area contributed by atoms with Crippen molar-refractivity contribution >= 4 is 22.6 Å². The molecule has 1 atom stereocenters. The molecular weight excluding hydrogens is 408 g/mol. The van der Waals surface area contributed by atoms with E-state index in [1.165, 1.54) is 21.9 Å². The zero-order chi connectivity index (χ0) is 23.6. The lowest BCUT2D eigenvalue weighted by atomic mass is 10.00. The molecule has 0 saturated heterocycles. The van der Waals surface area contributed by atoms with Gasteiger partial charge in [0.25, 0.3) is 0 Å². The first kappa shape index (κ1) is 24.5. The van der Waals surface area contributed by atoms with Gasteiger partial charge in [0.1, 0.15) is 6.04 Å².